The van der Waals surface area contributed by atoms with Crippen LogP contribution in [0.4, 0.5) is 13.2 Å². The number of carbonyl (C=O) groups is 1. The van der Waals surface area contributed by atoms with Crippen LogP contribution in [0.3, 0.4) is 0 Å². The zero-order valence-electron chi connectivity index (χ0n) is 15.2. The first kappa shape index (κ1) is 19.9. The largest absolute Gasteiger partial charge is 0.573 e. The van der Waals surface area contributed by atoms with E-state index in [1.54, 1.807) is 11.3 Å². The molecule has 1 N–H and O–H groups in total. The van der Waals surface area contributed by atoms with Crippen molar-refractivity contribution in [1.82, 2.24) is 15.1 Å². The first-order valence-corrected chi connectivity index (χ1v) is 9.31. The van der Waals surface area contributed by atoms with Gasteiger partial charge in [-0.15, -0.1) is 24.5 Å². The number of benzene rings is 1. The van der Waals surface area contributed by atoms with Gasteiger partial charge in [0.2, 0.25) is 0 Å². The number of carbonyl (C=O) groups excluding carboxylic acids is 1. The Labute approximate surface area is 163 Å². The van der Waals surface area contributed by atoms with Gasteiger partial charge in [-0.25, -0.2) is 0 Å². The minimum absolute atomic E-state index is 0.175. The van der Waals surface area contributed by atoms with E-state index in [4.69, 9.17) is 0 Å². The molecule has 0 saturated heterocycles. The molecule has 0 saturated carbocycles. The molecule has 28 heavy (non-hydrogen) atoms. The molecule has 1 aromatic carbocycles. The maximum atomic E-state index is 12.4. The first-order chi connectivity index (χ1) is 13.2. The van der Waals surface area contributed by atoms with Crippen LogP contribution in [-0.4, -0.2) is 28.6 Å². The number of nitrogens with one attached hydrogen (secondary N) is 1. The van der Waals surface area contributed by atoms with Gasteiger partial charge in [0, 0.05) is 22.7 Å². The summed E-state index contributed by atoms with van der Waals surface area (Å²) in [4.78, 5) is 13.5. The third kappa shape index (κ3) is 4.92. The van der Waals surface area contributed by atoms with Crippen molar-refractivity contribution < 1.29 is 22.7 Å². The minimum atomic E-state index is -4.77. The Morgan fingerprint density at radius 3 is 2.50 bits per heavy atom. The maximum Gasteiger partial charge on any atom is 0.573 e. The van der Waals surface area contributed by atoms with E-state index >= 15 is 0 Å². The number of thiophene rings is 1. The molecule has 0 radical (unpaired) electrons. The van der Waals surface area contributed by atoms with Gasteiger partial charge in [-0.1, -0.05) is 6.07 Å². The molecule has 1 atom stereocenters. The lowest BCUT2D eigenvalue weighted by atomic mass is 10.2. The molecule has 3 aromatic rings. The number of nitrogens with zero attached hydrogens (tertiary/aromatic N) is 2. The molecule has 0 aliphatic carbocycles. The number of rotatable bonds is 6. The lowest BCUT2D eigenvalue weighted by Gasteiger charge is -2.19. The van der Waals surface area contributed by atoms with Crippen LogP contribution in [0.5, 0.6) is 5.75 Å². The highest BCUT2D eigenvalue weighted by atomic mass is 32.1. The number of hydrogen-bond acceptors (Lipinski definition) is 4. The van der Waals surface area contributed by atoms with Gasteiger partial charge in [0.05, 0.1) is 5.69 Å². The van der Waals surface area contributed by atoms with Crippen molar-refractivity contribution in [2.45, 2.75) is 26.3 Å². The number of amides is 1. The lowest BCUT2D eigenvalue weighted by Crippen LogP contribution is -2.31. The average Bonchev–Trinajstić information content (AvgIpc) is 3.24. The monoisotopic (exact) mass is 409 g/mol. The molecule has 5 nitrogen and oxygen atoms in total. The summed E-state index contributed by atoms with van der Waals surface area (Å²) in [6.07, 6.45) is -4.77. The number of aryl methyl sites for hydroxylation is 2. The van der Waals surface area contributed by atoms with Crippen LogP contribution in [0.15, 0.2) is 47.8 Å². The Morgan fingerprint density at radius 2 is 1.96 bits per heavy atom. The van der Waals surface area contributed by atoms with E-state index in [9.17, 15) is 18.0 Å². The molecule has 0 fully saturated rings. The third-order valence-corrected chi connectivity index (χ3v) is 4.99. The molecule has 0 aliphatic heterocycles. The smallest absolute Gasteiger partial charge is 0.406 e. The van der Waals surface area contributed by atoms with Crippen LogP contribution < -0.4 is 10.1 Å². The second-order valence-electron chi connectivity index (χ2n) is 6.19. The predicted molar refractivity (Wildman–Crippen MR) is 99.6 cm³/mol. The molecule has 0 aliphatic rings. The highest BCUT2D eigenvalue weighted by Crippen LogP contribution is 2.25. The average molecular weight is 409 g/mol. The zero-order valence-corrected chi connectivity index (χ0v) is 16.0. The molecule has 0 spiro atoms. The SMILES string of the molecule is Cc1cc(C)n([C@H](CNC(=O)c2ccc(OC(F)(F)F)cc2)c2cccs2)n1. The second-order valence-corrected chi connectivity index (χ2v) is 7.16. The number of halogens is 3. The van der Waals surface area contributed by atoms with E-state index < -0.39 is 6.36 Å². The van der Waals surface area contributed by atoms with Gasteiger partial charge in [-0.3, -0.25) is 9.48 Å². The summed E-state index contributed by atoms with van der Waals surface area (Å²) in [5.74, 6) is -0.759. The van der Waals surface area contributed by atoms with Gasteiger partial charge in [0.15, 0.2) is 0 Å². The van der Waals surface area contributed by atoms with Crippen LogP contribution in [0.25, 0.3) is 0 Å². The van der Waals surface area contributed by atoms with Gasteiger partial charge in [-0.05, 0) is 55.6 Å². The predicted octanol–water partition coefficient (Wildman–Crippen LogP) is 4.48. The molecule has 1 amide bonds. The van der Waals surface area contributed by atoms with Crippen molar-refractivity contribution >= 4 is 17.2 Å². The Kier molecular flexibility index (Phi) is 5.73. The topological polar surface area (TPSA) is 56.2 Å². The van der Waals surface area contributed by atoms with E-state index in [-0.39, 0.29) is 23.3 Å². The lowest BCUT2D eigenvalue weighted by molar-refractivity contribution is -0.274. The van der Waals surface area contributed by atoms with Crippen molar-refractivity contribution in [3.8, 4) is 5.75 Å². The normalized spacial score (nSPS) is 12.6. The number of hydrogen-bond donors (Lipinski definition) is 1. The van der Waals surface area contributed by atoms with Gasteiger partial charge < -0.3 is 10.1 Å². The molecular formula is C19H18F3N3O2S. The summed E-state index contributed by atoms with van der Waals surface area (Å²) in [6.45, 7) is 4.14. The van der Waals surface area contributed by atoms with Crippen molar-refractivity contribution in [3.05, 3.63) is 69.7 Å². The molecule has 0 unspecified atom stereocenters. The Hall–Kier alpha value is -2.81. The fourth-order valence-corrected chi connectivity index (χ4v) is 3.66. The molecule has 2 aromatic heterocycles. The van der Waals surface area contributed by atoms with Crippen molar-refractivity contribution in [1.29, 1.82) is 0 Å². The highest BCUT2D eigenvalue weighted by molar-refractivity contribution is 7.10. The maximum absolute atomic E-state index is 12.4. The van der Waals surface area contributed by atoms with Crippen molar-refractivity contribution in [2.75, 3.05) is 6.54 Å². The number of alkyl halides is 3. The quantitative estimate of drug-likeness (QED) is 0.653. The second kappa shape index (κ2) is 8.05. The van der Waals surface area contributed by atoms with Crippen LogP contribution in [-0.2, 0) is 0 Å². The molecule has 2 heterocycles. The zero-order chi connectivity index (χ0) is 20.3. The summed E-state index contributed by atoms with van der Waals surface area (Å²) in [5, 5.41) is 9.30. The molecule has 9 heteroatoms. The Morgan fingerprint density at radius 1 is 1.25 bits per heavy atom. The fraction of sp³-hybridized carbons (Fsp3) is 0.263. The Bertz CT molecular complexity index is 934. The molecule has 0 bridgehead atoms. The third-order valence-electron chi connectivity index (χ3n) is 4.02. The van der Waals surface area contributed by atoms with Gasteiger partial charge in [0.1, 0.15) is 11.8 Å². The van der Waals surface area contributed by atoms with E-state index in [1.165, 1.54) is 12.1 Å². The van der Waals surface area contributed by atoms with E-state index in [1.807, 2.05) is 42.1 Å². The van der Waals surface area contributed by atoms with Crippen LogP contribution >= 0.6 is 11.3 Å². The van der Waals surface area contributed by atoms with Gasteiger partial charge >= 0.3 is 6.36 Å². The first-order valence-electron chi connectivity index (χ1n) is 8.43. The van der Waals surface area contributed by atoms with Gasteiger partial charge in [0.25, 0.3) is 5.91 Å². The van der Waals surface area contributed by atoms with E-state index in [2.05, 4.69) is 15.2 Å². The van der Waals surface area contributed by atoms with Crippen molar-refractivity contribution in [3.63, 3.8) is 0 Å². The summed E-state index contributed by atoms with van der Waals surface area (Å²) < 4.78 is 42.4. The fourth-order valence-electron chi connectivity index (χ4n) is 2.85. The number of ether oxygens (including phenoxy) is 1. The summed E-state index contributed by atoms with van der Waals surface area (Å²) >= 11 is 1.56. The number of aromatic nitrogens is 2. The summed E-state index contributed by atoms with van der Waals surface area (Å²) in [5.41, 5.74) is 2.09. The van der Waals surface area contributed by atoms with Crippen LogP contribution in [0.2, 0.25) is 0 Å². The van der Waals surface area contributed by atoms with Crippen LogP contribution in [0, 0.1) is 13.8 Å². The van der Waals surface area contributed by atoms with Crippen LogP contribution in [0.1, 0.15) is 32.7 Å². The van der Waals surface area contributed by atoms with E-state index in [0.29, 0.717) is 6.54 Å². The van der Waals surface area contributed by atoms with Crippen molar-refractivity contribution in [2.24, 2.45) is 0 Å². The molecular weight excluding hydrogens is 391 g/mol. The summed E-state index contributed by atoms with van der Waals surface area (Å²) in [7, 11) is 0. The molecule has 148 valence electrons. The minimum Gasteiger partial charge on any atom is -0.406 e. The van der Waals surface area contributed by atoms with Gasteiger partial charge in [-0.2, -0.15) is 5.10 Å². The highest BCUT2D eigenvalue weighted by Gasteiger charge is 2.31. The Balaban J connectivity index is 1.71. The standard InChI is InChI=1S/C19H18F3N3O2S/c1-12-10-13(2)25(24-12)16(17-4-3-9-28-17)11-23-18(26)14-5-7-15(8-6-14)27-19(20,21)22/h3-10,16H,11H2,1-2H3,(H,23,26)/t16-/m1/s1. The molecule has 3 rings (SSSR count). The summed E-state index contributed by atoms with van der Waals surface area (Å²) in [6, 6.07) is 10.5. The van der Waals surface area contributed by atoms with E-state index in [0.717, 1.165) is 28.4 Å².